The van der Waals surface area contributed by atoms with Gasteiger partial charge in [0.25, 0.3) is 0 Å². The Kier molecular flexibility index (Phi) is 7.49. The summed E-state index contributed by atoms with van der Waals surface area (Å²) in [6, 6.07) is 4.60. The van der Waals surface area contributed by atoms with Crippen molar-refractivity contribution in [2.24, 2.45) is 0 Å². The summed E-state index contributed by atoms with van der Waals surface area (Å²) in [6.45, 7) is 6.70. The van der Waals surface area contributed by atoms with E-state index in [-0.39, 0.29) is 11.6 Å². The largest absolute Gasteiger partial charge is 0.490 e. The van der Waals surface area contributed by atoms with E-state index in [9.17, 15) is 18.0 Å². The van der Waals surface area contributed by atoms with E-state index in [4.69, 9.17) is 21.1 Å². The predicted molar refractivity (Wildman–Crippen MR) is 128 cm³/mol. The normalized spacial score (nSPS) is 14.5. The zero-order valence-corrected chi connectivity index (χ0v) is 20.9. The molecule has 36 heavy (non-hydrogen) atoms. The molecular weight excluding hydrogens is 499 g/mol. The summed E-state index contributed by atoms with van der Waals surface area (Å²) in [5.74, 6) is 0.635. The van der Waals surface area contributed by atoms with E-state index in [2.05, 4.69) is 15.5 Å². The number of rotatable bonds is 10. The van der Waals surface area contributed by atoms with Gasteiger partial charge in [-0.05, 0) is 51.3 Å². The van der Waals surface area contributed by atoms with Gasteiger partial charge in [0.15, 0.2) is 17.2 Å². The molecule has 2 aromatic heterocycles. The molecule has 4 rings (SSSR count). The molecule has 0 saturated heterocycles. The van der Waals surface area contributed by atoms with Gasteiger partial charge in [0, 0.05) is 12.1 Å². The summed E-state index contributed by atoms with van der Waals surface area (Å²) in [6.07, 6.45) is -0.172. The lowest BCUT2D eigenvalue weighted by Crippen LogP contribution is -2.26. The Morgan fingerprint density at radius 2 is 1.92 bits per heavy atom. The van der Waals surface area contributed by atoms with Crippen LogP contribution >= 0.6 is 11.6 Å². The molecule has 1 aliphatic rings. The van der Waals surface area contributed by atoms with Crippen LogP contribution in [0.25, 0.3) is 0 Å². The topological polar surface area (TPSA) is 83.2 Å². The highest BCUT2D eigenvalue weighted by atomic mass is 35.5. The van der Waals surface area contributed by atoms with Crippen molar-refractivity contribution in [2.45, 2.75) is 58.3 Å². The van der Waals surface area contributed by atoms with Crippen LogP contribution in [0.2, 0.25) is 5.02 Å². The first kappa shape index (κ1) is 25.9. The number of anilines is 1. The molecule has 12 heteroatoms. The second-order valence-corrected chi connectivity index (χ2v) is 8.88. The molecule has 1 fully saturated rings. The number of hydrogen-bond acceptors (Lipinski definition) is 5. The van der Waals surface area contributed by atoms with Crippen molar-refractivity contribution in [1.29, 1.82) is 0 Å². The van der Waals surface area contributed by atoms with Crippen molar-refractivity contribution in [3.05, 3.63) is 52.6 Å². The highest BCUT2D eigenvalue weighted by molar-refractivity contribution is 6.32. The molecule has 1 N–H and O–H groups in total. The summed E-state index contributed by atoms with van der Waals surface area (Å²) in [5.41, 5.74) is 0.407. The van der Waals surface area contributed by atoms with Crippen LogP contribution in [-0.2, 0) is 17.5 Å². The lowest BCUT2D eigenvalue weighted by Gasteiger charge is -2.15. The van der Waals surface area contributed by atoms with Crippen LogP contribution in [0.15, 0.2) is 30.6 Å². The Morgan fingerprint density at radius 3 is 2.56 bits per heavy atom. The Morgan fingerprint density at radius 1 is 1.22 bits per heavy atom. The molecule has 3 aromatic rings. The molecule has 1 aliphatic carbocycles. The van der Waals surface area contributed by atoms with Gasteiger partial charge in [0.1, 0.15) is 6.04 Å². The van der Waals surface area contributed by atoms with Crippen LogP contribution < -0.4 is 14.8 Å². The van der Waals surface area contributed by atoms with Crippen molar-refractivity contribution < 1.29 is 27.4 Å². The summed E-state index contributed by atoms with van der Waals surface area (Å²) in [5, 5.41) is 10.2. The van der Waals surface area contributed by atoms with Crippen LogP contribution in [0.4, 0.5) is 18.9 Å². The molecule has 1 atom stereocenters. The minimum absolute atomic E-state index is 0.130. The van der Waals surface area contributed by atoms with E-state index >= 15 is 0 Å². The summed E-state index contributed by atoms with van der Waals surface area (Å²) < 4.78 is 54.0. The highest BCUT2D eigenvalue weighted by Crippen LogP contribution is 2.47. The van der Waals surface area contributed by atoms with Crippen molar-refractivity contribution in [3.63, 3.8) is 0 Å². The van der Waals surface area contributed by atoms with Gasteiger partial charge in [-0.25, -0.2) is 0 Å². The van der Waals surface area contributed by atoms with Crippen molar-refractivity contribution in [3.8, 4) is 11.5 Å². The fraction of sp³-hybridized carbons (Fsp3) is 0.458. The molecule has 1 unspecified atom stereocenters. The van der Waals surface area contributed by atoms with Gasteiger partial charge in [0.2, 0.25) is 5.91 Å². The standard InChI is InChI=1S/C24H27ClF3N5O3/c1-4-35-18-9-6-15(10-19(18)36-5-2)12-32-13-17(11-29-32)30-23(34)14(3)33-21(16-7-8-16)20(25)22(31-33)24(26,27)28/h6,9-11,13-14,16H,4-5,7-8,12H2,1-3H3,(H,30,34). The van der Waals surface area contributed by atoms with E-state index < -0.39 is 28.8 Å². The third kappa shape index (κ3) is 5.61. The van der Waals surface area contributed by atoms with E-state index in [1.165, 1.54) is 13.1 Å². The lowest BCUT2D eigenvalue weighted by molar-refractivity contribution is -0.141. The fourth-order valence-electron chi connectivity index (χ4n) is 3.88. The quantitative estimate of drug-likeness (QED) is 0.368. The average Bonchev–Trinajstić information content (AvgIpc) is 3.45. The van der Waals surface area contributed by atoms with E-state index in [0.717, 1.165) is 10.2 Å². The second-order valence-electron chi connectivity index (χ2n) is 8.50. The number of nitrogens with zero attached hydrogens (tertiary/aromatic N) is 4. The molecule has 8 nitrogen and oxygen atoms in total. The number of benzene rings is 1. The van der Waals surface area contributed by atoms with Gasteiger partial charge in [0.05, 0.1) is 42.4 Å². The zero-order valence-electron chi connectivity index (χ0n) is 20.1. The molecule has 0 bridgehead atoms. The van der Waals surface area contributed by atoms with E-state index in [1.807, 2.05) is 32.0 Å². The average molecular weight is 526 g/mol. The smallest absolute Gasteiger partial charge is 0.436 e. The Balaban J connectivity index is 1.47. The van der Waals surface area contributed by atoms with Gasteiger partial charge in [-0.15, -0.1) is 0 Å². The van der Waals surface area contributed by atoms with E-state index in [1.54, 1.807) is 10.9 Å². The molecule has 0 spiro atoms. The zero-order chi connectivity index (χ0) is 26.0. The third-order valence-electron chi connectivity index (χ3n) is 5.72. The monoisotopic (exact) mass is 525 g/mol. The number of amides is 1. The number of carbonyl (C=O) groups is 1. The van der Waals surface area contributed by atoms with Crippen LogP contribution in [0.3, 0.4) is 0 Å². The first-order valence-electron chi connectivity index (χ1n) is 11.7. The fourth-order valence-corrected chi connectivity index (χ4v) is 4.27. The molecule has 0 radical (unpaired) electrons. The molecule has 1 saturated carbocycles. The van der Waals surface area contributed by atoms with Gasteiger partial charge in [-0.1, -0.05) is 17.7 Å². The van der Waals surface area contributed by atoms with Crippen LogP contribution in [-0.4, -0.2) is 38.7 Å². The maximum absolute atomic E-state index is 13.4. The molecule has 2 heterocycles. The lowest BCUT2D eigenvalue weighted by atomic mass is 10.2. The maximum atomic E-state index is 13.4. The number of ether oxygens (including phenoxy) is 2. The number of carbonyl (C=O) groups excluding carboxylic acids is 1. The summed E-state index contributed by atoms with van der Waals surface area (Å²) in [4.78, 5) is 12.9. The Hall–Kier alpha value is -3.21. The number of aromatic nitrogens is 4. The molecule has 0 aliphatic heterocycles. The SMILES string of the molecule is CCOc1ccc(Cn2cc(NC(=O)C(C)n3nc(C(F)(F)F)c(Cl)c3C3CC3)cn2)cc1OCC. The van der Waals surface area contributed by atoms with Crippen LogP contribution in [0, 0.1) is 0 Å². The first-order chi connectivity index (χ1) is 17.1. The second kappa shape index (κ2) is 10.4. The van der Waals surface area contributed by atoms with Gasteiger partial charge >= 0.3 is 6.18 Å². The Labute approximate surface area is 211 Å². The number of hydrogen-bond donors (Lipinski definition) is 1. The molecule has 1 aromatic carbocycles. The van der Waals surface area contributed by atoms with Gasteiger partial charge in [-0.3, -0.25) is 14.2 Å². The number of nitrogens with one attached hydrogen (secondary N) is 1. The first-order valence-corrected chi connectivity index (χ1v) is 12.1. The third-order valence-corrected chi connectivity index (χ3v) is 6.09. The van der Waals surface area contributed by atoms with Crippen LogP contribution in [0.1, 0.15) is 62.5 Å². The minimum Gasteiger partial charge on any atom is -0.490 e. The van der Waals surface area contributed by atoms with Crippen LogP contribution in [0.5, 0.6) is 11.5 Å². The van der Waals surface area contributed by atoms with Gasteiger partial charge in [-0.2, -0.15) is 23.4 Å². The number of alkyl halides is 3. The molecular formula is C24H27ClF3N5O3. The van der Waals surface area contributed by atoms with Gasteiger partial charge < -0.3 is 14.8 Å². The van der Waals surface area contributed by atoms with Crippen molar-refractivity contribution >= 4 is 23.2 Å². The number of halogens is 4. The highest BCUT2D eigenvalue weighted by Gasteiger charge is 2.43. The van der Waals surface area contributed by atoms with Crippen molar-refractivity contribution in [2.75, 3.05) is 18.5 Å². The minimum atomic E-state index is -4.70. The molecule has 194 valence electrons. The van der Waals surface area contributed by atoms with Crippen molar-refractivity contribution in [1.82, 2.24) is 19.6 Å². The summed E-state index contributed by atoms with van der Waals surface area (Å²) in [7, 11) is 0. The Bertz CT molecular complexity index is 1240. The molecule has 1 amide bonds. The predicted octanol–water partition coefficient (Wildman–Crippen LogP) is 5.67. The maximum Gasteiger partial charge on any atom is 0.436 e. The summed E-state index contributed by atoms with van der Waals surface area (Å²) >= 11 is 6.03. The van der Waals surface area contributed by atoms with E-state index in [0.29, 0.717) is 49.8 Å².